The van der Waals surface area contributed by atoms with Crippen molar-refractivity contribution in [3.63, 3.8) is 0 Å². The summed E-state index contributed by atoms with van der Waals surface area (Å²) in [6.07, 6.45) is 3.17. The van der Waals surface area contributed by atoms with E-state index in [1.807, 2.05) is 6.92 Å². The maximum Gasteiger partial charge on any atom is 0.243 e. The first-order valence-electron chi connectivity index (χ1n) is 5.10. The molecule has 0 spiro atoms. The lowest BCUT2D eigenvalue weighted by Gasteiger charge is -2.21. The zero-order chi connectivity index (χ0) is 10.7. The van der Waals surface area contributed by atoms with Crippen LogP contribution in [0.5, 0.6) is 0 Å². The lowest BCUT2D eigenvalue weighted by molar-refractivity contribution is -0.118. The minimum absolute atomic E-state index is 0.00542. The summed E-state index contributed by atoms with van der Waals surface area (Å²) in [6, 6.07) is -0.0667. The molecule has 1 aromatic heterocycles. The summed E-state index contributed by atoms with van der Waals surface area (Å²) in [5.74, 6) is 0.00542. The predicted molar refractivity (Wildman–Crippen MR) is 58.9 cm³/mol. The highest BCUT2D eigenvalue weighted by Crippen LogP contribution is 2.15. The van der Waals surface area contributed by atoms with Crippen LogP contribution in [0.25, 0.3) is 0 Å². The molecule has 1 aliphatic rings. The van der Waals surface area contributed by atoms with Crippen LogP contribution in [-0.4, -0.2) is 28.7 Å². The zero-order valence-corrected chi connectivity index (χ0v) is 9.43. The van der Waals surface area contributed by atoms with Gasteiger partial charge in [0.05, 0.1) is 6.04 Å². The van der Waals surface area contributed by atoms with Gasteiger partial charge in [-0.1, -0.05) is 17.8 Å². The molecule has 1 fully saturated rings. The van der Waals surface area contributed by atoms with Gasteiger partial charge in [-0.15, -0.1) is 10.2 Å². The fraction of sp³-hybridized carbons (Fsp3) is 0.667. The number of carbonyl (C=O) groups excluding carboxylic acids is 1. The number of amides is 1. The Morgan fingerprint density at radius 3 is 3.00 bits per heavy atom. The Morgan fingerprint density at radius 1 is 1.53 bits per heavy atom. The fourth-order valence-electron chi connectivity index (χ4n) is 1.62. The Bertz CT molecular complexity index is 346. The molecule has 0 aliphatic carbocycles. The van der Waals surface area contributed by atoms with Gasteiger partial charge in [-0.2, -0.15) is 0 Å². The Morgan fingerprint density at radius 2 is 2.40 bits per heavy atom. The van der Waals surface area contributed by atoms with Gasteiger partial charge in [-0.05, 0) is 26.3 Å². The number of aryl methyl sites for hydroxylation is 1. The normalized spacial score (nSPS) is 21.3. The van der Waals surface area contributed by atoms with Crippen molar-refractivity contribution in [2.45, 2.75) is 32.2 Å². The van der Waals surface area contributed by atoms with Crippen LogP contribution >= 0.6 is 11.3 Å². The van der Waals surface area contributed by atoms with Crippen LogP contribution in [0.4, 0.5) is 5.13 Å². The molecule has 1 saturated heterocycles. The van der Waals surface area contributed by atoms with E-state index < -0.39 is 0 Å². The van der Waals surface area contributed by atoms with Crippen molar-refractivity contribution in [2.75, 3.05) is 11.9 Å². The summed E-state index contributed by atoms with van der Waals surface area (Å²) in [6.45, 7) is 2.79. The first kappa shape index (κ1) is 10.5. The standard InChI is InChI=1S/C9H14N4OS/c1-6-12-13-9(15-6)11-8(14)7-4-2-3-5-10-7/h7,10H,2-5H2,1H3,(H,11,13,14). The maximum atomic E-state index is 11.7. The minimum Gasteiger partial charge on any atom is -0.306 e. The van der Waals surface area contributed by atoms with Crippen molar-refractivity contribution in [1.82, 2.24) is 15.5 Å². The highest BCUT2D eigenvalue weighted by atomic mass is 32.1. The average Bonchev–Trinajstić information content (AvgIpc) is 2.65. The van der Waals surface area contributed by atoms with E-state index in [1.54, 1.807) is 0 Å². The molecule has 6 heteroatoms. The first-order chi connectivity index (χ1) is 7.25. The molecule has 0 aromatic carbocycles. The summed E-state index contributed by atoms with van der Waals surface area (Å²) < 4.78 is 0. The Hall–Kier alpha value is -1.01. The van der Waals surface area contributed by atoms with Gasteiger partial charge in [0.15, 0.2) is 0 Å². The van der Waals surface area contributed by atoms with E-state index in [4.69, 9.17) is 0 Å². The molecule has 0 bridgehead atoms. The van der Waals surface area contributed by atoms with E-state index in [-0.39, 0.29) is 11.9 Å². The largest absolute Gasteiger partial charge is 0.306 e. The van der Waals surface area contributed by atoms with Gasteiger partial charge in [0, 0.05) is 0 Å². The van der Waals surface area contributed by atoms with E-state index in [0.717, 1.165) is 30.8 Å². The molecule has 15 heavy (non-hydrogen) atoms. The number of nitrogens with one attached hydrogen (secondary N) is 2. The van der Waals surface area contributed by atoms with Crippen LogP contribution in [0.15, 0.2) is 0 Å². The summed E-state index contributed by atoms with van der Waals surface area (Å²) >= 11 is 1.40. The third-order valence-corrected chi connectivity index (χ3v) is 3.14. The second kappa shape index (κ2) is 4.67. The molecule has 1 unspecified atom stereocenters. The van der Waals surface area contributed by atoms with Crippen molar-refractivity contribution in [3.05, 3.63) is 5.01 Å². The van der Waals surface area contributed by atoms with Crippen LogP contribution < -0.4 is 10.6 Å². The predicted octanol–water partition coefficient (Wildman–Crippen LogP) is 0.927. The summed E-state index contributed by atoms with van der Waals surface area (Å²) in [7, 11) is 0. The smallest absolute Gasteiger partial charge is 0.243 e. The Balaban J connectivity index is 1.91. The molecule has 5 nitrogen and oxygen atoms in total. The van der Waals surface area contributed by atoms with Crippen molar-refractivity contribution in [3.8, 4) is 0 Å². The molecular formula is C9H14N4OS. The SMILES string of the molecule is Cc1nnc(NC(=O)C2CCCCN2)s1. The second-order valence-electron chi connectivity index (χ2n) is 3.62. The summed E-state index contributed by atoms with van der Waals surface area (Å²) in [5, 5.41) is 15.1. The van der Waals surface area contributed by atoms with Crippen molar-refractivity contribution >= 4 is 22.4 Å². The van der Waals surface area contributed by atoms with Crippen molar-refractivity contribution < 1.29 is 4.79 Å². The number of carbonyl (C=O) groups is 1. The number of hydrogen-bond acceptors (Lipinski definition) is 5. The molecule has 0 saturated carbocycles. The van der Waals surface area contributed by atoms with Crippen LogP contribution in [0.3, 0.4) is 0 Å². The maximum absolute atomic E-state index is 11.7. The molecule has 2 rings (SSSR count). The summed E-state index contributed by atoms with van der Waals surface area (Å²) in [5.41, 5.74) is 0. The molecular weight excluding hydrogens is 212 g/mol. The number of aromatic nitrogens is 2. The number of anilines is 1. The van der Waals surface area contributed by atoms with Gasteiger partial charge < -0.3 is 5.32 Å². The highest BCUT2D eigenvalue weighted by Gasteiger charge is 2.21. The second-order valence-corrected chi connectivity index (χ2v) is 4.80. The van der Waals surface area contributed by atoms with Gasteiger partial charge in [0.2, 0.25) is 11.0 Å². The molecule has 1 amide bonds. The number of hydrogen-bond donors (Lipinski definition) is 2. The van der Waals surface area contributed by atoms with Gasteiger partial charge in [-0.3, -0.25) is 10.1 Å². The molecule has 0 radical (unpaired) electrons. The van der Waals surface area contributed by atoms with Gasteiger partial charge in [-0.25, -0.2) is 0 Å². The van der Waals surface area contributed by atoms with E-state index in [9.17, 15) is 4.79 Å². The number of piperidine rings is 1. The molecule has 2 heterocycles. The highest BCUT2D eigenvalue weighted by molar-refractivity contribution is 7.15. The van der Waals surface area contributed by atoms with Crippen LogP contribution in [0.2, 0.25) is 0 Å². The third-order valence-electron chi connectivity index (χ3n) is 2.38. The van der Waals surface area contributed by atoms with Crippen molar-refractivity contribution in [2.24, 2.45) is 0 Å². The van der Waals surface area contributed by atoms with Crippen molar-refractivity contribution in [1.29, 1.82) is 0 Å². The van der Waals surface area contributed by atoms with Crippen LogP contribution in [0, 0.1) is 6.92 Å². The van der Waals surface area contributed by atoms with E-state index in [0.29, 0.717) is 5.13 Å². The van der Waals surface area contributed by atoms with E-state index in [1.165, 1.54) is 11.3 Å². The molecule has 1 atom stereocenters. The number of nitrogens with zero attached hydrogens (tertiary/aromatic N) is 2. The Labute approximate surface area is 92.3 Å². The van der Waals surface area contributed by atoms with E-state index in [2.05, 4.69) is 20.8 Å². The molecule has 2 N–H and O–H groups in total. The van der Waals surface area contributed by atoms with E-state index >= 15 is 0 Å². The average molecular weight is 226 g/mol. The van der Waals surface area contributed by atoms with Gasteiger partial charge in [0.1, 0.15) is 5.01 Å². The number of rotatable bonds is 2. The first-order valence-corrected chi connectivity index (χ1v) is 5.92. The monoisotopic (exact) mass is 226 g/mol. The van der Waals surface area contributed by atoms with Crippen LogP contribution in [0.1, 0.15) is 24.3 Å². The quantitative estimate of drug-likeness (QED) is 0.787. The topological polar surface area (TPSA) is 66.9 Å². The Kier molecular flexibility index (Phi) is 3.27. The lowest BCUT2D eigenvalue weighted by Crippen LogP contribution is -2.43. The van der Waals surface area contributed by atoms with Gasteiger partial charge >= 0.3 is 0 Å². The molecule has 1 aliphatic heterocycles. The lowest BCUT2D eigenvalue weighted by atomic mass is 10.0. The van der Waals surface area contributed by atoms with Crippen LogP contribution in [-0.2, 0) is 4.79 Å². The molecule has 82 valence electrons. The molecule has 1 aromatic rings. The van der Waals surface area contributed by atoms with Gasteiger partial charge in [0.25, 0.3) is 0 Å². The zero-order valence-electron chi connectivity index (χ0n) is 8.62. The minimum atomic E-state index is -0.0667. The summed E-state index contributed by atoms with van der Waals surface area (Å²) in [4.78, 5) is 11.7. The third kappa shape index (κ3) is 2.73. The fourth-order valence-corrected chi connectivity index (χ4v) is 2.21.